The van der Waals surface area contributed by atoms with Crippen LogP contribution in [-0.4, -0.2) is 40.0 Å². The Kier molecular flexibility index (Phi) is 8.44. The van der Waals surface area contributed by atoms with Gasteiger partial charge in [-0.15, -0.1) is 0 Å². The SMILES string of the molecule is C=C(CNCC)COCCOC. The number of ether oxygens (including phenoxy) is 2. The predicted molar refractivity (Wildman–Crippen MR) is 50.4 cm³/mol. The average Bonchev–Trinajstić information content (AvgIpc) is 2.09. The predicted octanol–water partition coefficient (Wildman–Crippen LogP) is 0.815. The summed E-state index contributed by atoms with van der Waals surface area (Å²) in [5, 5.41) is 3.18. The van der Waals surface area contributed by atoms with Crippen molar-refractivity contribution in [1.82, 2.24) is 5.32 Å². The van der Waals surface area contributed by atoms with E-state index in [0.29, 0.717) is 19.8 Å². The quantitative estimate of drug-likeness (QED) is 0.435. The molecule has 3 nitrogen and oxygen atoms in total. The van der Waals surface area contributed by atoms with E-state index in [-0.39, 0.29) is 0 Å². The van der Waals surface area contributed by atoms with Crippen molar-refractivity contribution in [1.29, 1.82) is 0 Å². The summed E-state index contributed by atoms with van der Waals surface area (Å²) in [5.41, 5.74) is 1.08. The zero-order chi connectivity index (χ0) is 9.23. The van der Waals surface area contributed by atoms with Gasteiger partial charge in [-0.1, -0.05) is 13.5 Å². The highest BCUT2D eigenvalue weighted by Crippen LogP contribution is 1.88. The first-order valence-electron chi connectivity index (χ1n) is 4.25. The molecule has 0 atom stereocenters. The molecule has 1 N–H and O–H groups in total. The van der Waals surface area contributed by atoms with E-state index in [2.05, 4.69) is 18.8 Å². The van der Waals surface area contributed by atoms with Gasteiger partial charge < -0.3 is 14.8 Å². The van der Waals surface area contributed by atoms with Crippen molar-refractivity contribution < 1.29 is 9.47 Å². The second kappa shape index (κ2) is 8.71. The Morgan fingerprint density at radius 3 is 2.75 bits per heavy atom. The first kappa shape index (κ1) is 11.6. The molecule has 0 rings (SSSR count). The lowest BCUT2D eigenvalue weighted by Gasteiger charge is -2.06. The normalized spacial score (nSPS) is 10.2. The molecule has 0 saturated heterocycles. The van der Waals surface area contributed by atoms with E-state index in [1.54, 1.807) is 7.11 Å². The van der Waals surface area contributed by atoms with Crippen LogP contribution in [0.5, 0.6) is 0 Å². The van der Waals surface area contributed by atoms with Crippen molar-refractivity contribution >= 4 is 0 Å². The Morgan fingerprint density at radius 2 is 2.17 bits per heavy atom. The van der Waals surface area contributed by atoms with Crippen molar-refractivity contribution in [3.8, 4) is 0 Å². The molecule has 3 heteroatoms. The molecule has 0 aromatic heterocycles. The van der Waals surface area contributed by atoms with E-state index in [0.717, 1.165) is 18.7 Å². The third kappa shape index (κ3) is 7.72. The van der Waals surface area contributed by atoms with E-state index in [1.807, 2.05) is 0 Å². The molecular formula is C9H19NO2. The molecule has 0 amide bonds. The molecule has 72 valence electrons. The van der Waals surface area contributed by atoms with E-state index >= 15 is 0 Å². The minimum absolute atomic E-state index is 0.621. The van der Waals surface area contributed by atoms with Gasteiger partial charge in [0.15, 0.2) is 0 Å². The van der Waals surface area contributed by atoms with Crippen molar-refractivity contribution in [2.45, 2.75) is 6.92 Å². The standard InChI is InChI=1S/C9H19NO2/c1-4-10-7-9(2)8-12-6-5-11-3/h10H,2,4-8H2,1,3H3. The van der Waals surface area contributed by atoms with Crippen molar-refractivity contribution in [2.24, 2.45) is 0 Å². The summed E-state index contributed by atoms with van der Waals surface area (Å²) in [4.78, 5) is 0. The van der Waals surface area contributed by atoms with Crippen LogP contribution in [0.4, 0.5) is 0 Å². The maximum atomic E-state index is 5.27. The van der Waals surface area contributed by atoms with Crippen LogP contribution in [-0.2, 0) is 9.47 Å². The van der Waals surface area contributed by atoms with Crippen molar-refractivity contribution in [3.63, 3.8) is 0 Å². The number of hydrogen-bond donors (Lipinski definition) is 1. The van der Waals surface area contributed by atoms with Crippen LogP contribution in [0.25, 0.3) is 0 Å². The lowest BCUT2D eigenvalue weighted by Crippen LogP contribution is -2.18. The van der Waals surface area contributed by atoms with Gasteiger partial charge in [-0.3, -0.25) is 0 Å². The molecule has 0 spiro atoms. The fraction of sp³-hybridized carbons (Fsp3) is 0.778. The maximum absolute atomic E-state index is 5.27. The van der Waals surface area contributed by atoms with E-state index in [9.17, 15) is 0 Å². The summed E-state index contributed by atoms with van der Waals surface area (Å²) in [6.45, 7) is 9.65. The van der Waals surface area contributed by atoms with Gasteiger partial charge in [0.25, 0.3) is 0 Å². The highest BCUT2D eigenvalue weighted by atomic mass is 16.5. The van der Waals surface area contributed by atoms with Gasteiger partial charge in [0, 0.05) is 13.7 Å². The molecule has 0 bridgehead atoms. The number of methoxy groups -OCH3 is 1. The molecule has 0 aromatic rings. The lowest BCUT2D eigenvalue weighted by molar-refractivity contribution is 0.0818. The Balaban J connectivity index is 3.08. The van der Waals surface area contributed by atoms with Crippen LogP contribution in [0.1, 0.15) is 6.92 Å². The Hall–Kier alpha value is -0.380. The third-order valence-electron chi connectivity index (χ3n) is 1.36. The van der Waals surface area contributed by atoms with Gasteiger partial charge in [0.1, 0.15) is 0 Å². The van der Waals surface area contributed by atoms with Crippen LogP contribution in [0.2, 0.25) is 0 Å². The molecule has 0 aliphatic carbocycles. The number of hydrogen-bond acceptors (Lipinski definition) is 3. The van der Waals surface area contributed by atoms with Crippen LogP contribution in [0.3, 0.4) is 0 Å². The molecule has 12 heavy (non-hydrogen) atoms. The van der Waals surface area contributed by atoms with Crippen LogP contribution in [0.15, 0.2) is 12.2 Å². The van der Waals surface area contributed by atoms with Gasteiger partial charge in [0.05, 0.1) is 19.8 Å². The molecule has 0 heterocycles. The fourth-order valence-corrected chi connectivity index (χ4v) is 0.712. The van der Waals surface area contributed by atoms with E-state index < -0.39 is 0 Å². The number of nitrogens with one attached hydrogen (secondary N) is 1. The Bertz CT molecular complexity index is 115. The molecule has 0 saturated carbocycles. The first-order chi connectivity index (χ1) is 5.81. The van der Waals surface area contributed by atoms with Crippen molar-refractivity contribution in [2.75, 3.05) is 40.0 Å². The van der Waals surface area contributed by atoms with Gasteiger partial charge in [-0.05, 0) is 12.1 Å². The van der Waals surface area contributed by atoms with Crippen LogP contribution < -0.4 is 5.32 Å². The summed E-state index contributed by atoms with van der Waals surface area (Å²) in [5.74, 6) is 0. The summed E-state index contributed by atoms with van der Waals surface area (Å²) in [6, 6.07) is 0. The first-order valence-corrected chi connectivity index (χ1v) is 4.25. The summed E-state index contributed by atoms with van der Waals surface area (Å²) < 4.78 is 10.1. The monoisotopic (exact) mass is 173 g/mol. The number of likely N-dealkylation sites (N-methyl/N-ethyl adjacent to an activating group) is 1. The average molecular weight is 173 g/mol. The maximum Gasteiger partial charge on any atom is 0.0704 e. The second-order valence-electron chi connectivity index (χ2n) is 2.58. The molecule has 0 fully saturated rings. The van der Waals surface area contributed by atoms with Gasteiger partial charge in [-0.25, -0.2) is 0 Å². The Labute approximate surface area is 74.7 Å². The fourth-order valence-electron chi connectivity index (χ4n) is 0.712. The van der Waals surface area contributed by atoms with Gasteiger partial charge in [-0.2, -0.15) is 0 Å². The highest BCUT2D eigenvalue weighted by Gasteiger charge is 1.92. The van der Waals surface area contributed by atoms with Gasteiger partial charge in [0.2, 0.25) is 0 Å². The largest absolute Gasteiger partial charge is 0.382 e. The zero-order valence-electron chi connectivity index (χ0n) is 8.06. The zero-order valence-corrected chi connectivity index (χ0v) is 8.06. The van der Waals surface area contributed by atoms with Crippen molar-refractivity contribution in [3.05, 3.63) is 12.2 Å². The van der Waals surface area contributed by atoms with Crippen LogP contribution in [0, 0.1) is 0 Å². The molecule has 0 aliphatic rings. The minimum atomic E-state index is 0.621. The summed E-state index contributed by atoms with van der Waals surface area (Å²) >= 11 is 0. The van der Waals surface area contributed by atoms with E-state index in [1.165, 1.54) is 0 Å². The summed E-state index contributed by atoms with van der Waals surface area (Å²) in [7, 11) is 1.66. The molecule has 0 aliphatic heterocycles. The van der Waals surface area contributed by atoms with Crippen LogP contribution >= 0.6 is 0 Å². The summed E-state index contributed by atoms with van der Waals surface area (Å²) in [6.07, 6.45) is 0. The number of rotatable bonds is 8. The third-order valence-corrected chi connectivity index (χ3v) is 1.36. The molecule has 0 radical (unpaired) electrons. The minimum Gasteiger partial charge on any atom is -0.382 e. The molecule has 0 unspecified atom stereocenters. The molecule has 0 aromatic carbocycles. The highest BCUT2D eigenvalue weighted by molar-refractivity contribution is 4.96. The smallest absolute Gasteiger partial charge is 0.0704 e. The topological polar surface area (TPSA) is 30.5 Å². The Morgan fingerprint density at radius 1 is 1.42 bits per heavy atom. The second-order valence-corrected chi connectivity index (χ2v) is 2.58. The molecular weight excluding hydrogens is 154 g/mol. The lowest BCUT2D eigenvalue weighted by atomic mass is 10.3. The van der Waals surface area contributed by atoms with Gasteiger partial charge >= 0.3 is 0 Å². The van der Waals surface area contributed by atoms with E-state index in [4.69, 9.17) is 9.47 Å².